The highest BCUT2D eigenvalue weighted by molar-refractivity contribution is 7.00. The predicted octanol–water partition coefficient (Wildman–Crippen LogP) is 16.0. The number of fused-ring (bicyclic) bond motifs is 10. The summed E-state index contributed by atoms with van der Waals surface area (Å²) in [6.45, 7) is 36.7. The molecule has 366 valence electrons. The van der Waals surface area contributed by atoms with Gasteiger partial charge in [0.25, 0.3) is 6.71 Å². The summed E-state index contributed by atoms with van der Waals surface area (Å²) >= 11 is 0. The van der Waals surface area contributed by atoms with Crippen molar-refractivity contribution in [3.05, 3.63) is 154 Å². The van der Waals surface area contributed by atoms with Crippen LogP contribution in [0.4, 0.5) is 39.8 Å². The third kappa shape index (κ3) is 6.33. The summed E-state index contributed by atoms with van der Waals surface area (Å²) in [6.07, 6.45) is 9.59. The van der Waals surface area contributed by atoms with Crippen molar-refractivity contribution in [2.24, 2.45) is 0 Å². The molecule has 0 aromatic heterocycles. The van der Waals surface area contributed by atoms with E-state index in [-0.39, 0.29) is 50.3 Å². The molecule has 0 spiro atoms. The lowest BCUT2D eigenvalue weighted by atomic mass is 9.33. The Morgan fingerprint density at radius 2 is 1.01 bits per heavy atom. The highest BCUT2D eigenvalue weighted by atomic mass is 15.3. The van der Waals surface area contributed by atoms with Crippen molar-refractivity contribution in [1.29, 1.82) is 0 Å². The van der Waals surface area contributed by atoms with E-state index < -0.39 is 0 Å². The van der Waals surface area contributed by atoms with E-state index in [0.29, 0.717) is 0 Å². The van der Waals surface area contributed by atoms with E-state index in [4.69, 9.17) is 0 Å². The van der Waals surface area contributed by atoms with Crippen molar-refractivity contribution in [3.8, 4) is 0 Å². The molecule has 0 amide bonds. The van der Waals surface area contributed by atoms with E-state index >= 15 is 0 Å². The van der Waals surface area contributed by atoms with Crippen molar-refractivity contribution >= 4 is 62.9 Å². The van der Waals surface area contributed by atoms with Crippen LogP contribution in [0.1, 0.15) is 194 Å². The normalized spacial score (nSPS) is 25.3. The number of benzene rings is 6. The molecule has 6 aromatic rings. The van der Waals surface area contributed by atoms with E-state index in [1.54, 1.807) is 5.56 Å². The van der Waals surface area contributed by atoms with Crippen molar-refractivity contribution in [2.75, 3.05) is 14.7 Å². The van der Waals surface area contributed by atoms with Crippen LogP contribution in [0.25, 0.3) is 0 Å². The summed E-state index contributed by atoms with van der Waals surface area (Å²) < 4.78 is 0. The maximum atomic E-state index is 2.98. The van der Waals surface area contributed by atoms with Gasteiger partial charge in [0.05, 0.1) is 11.1 Å². The zero-order chi connectivity index (χ0) is 50.2. The topological polar surface area (TPSA) is 9.72 Å². The lowest BCUT2D eigenvalue weighted by molar-refractivity contribution is 0.194. The lowest BCUT2D eigenvalue weighted by Gasteiger charge is -2.54. The van der Waals surface area contributed by atoms with Gasteiger partial charge in [0, 0.05) is 50.6 Å². The minimum absolute atomic E-state index is 0.00102. The number of hydrogen-bond donors (Lipinski definition) is 0. The van der Waals surface area contributed by atoms with E-state index in [1.165, 1.54) is 122 Å². The second kappa shape index (κ2) is 14.9. The average Bonchev–Trinajstić information content (AvgIpc) is 3.68. The first-order valence-corrected chi connectivity index (χ1v) is 27.6. The molecule has 4 unspecified atom stereocenters. The molecule has 6 aliphatic rings. The van der Waals surface area contributed by atoms with Crippen molar-refractivity contribution in [3.63, 3.8) is 0 Å². The molecular weight excluding hydrogens is 858 g/mol. The Morgan fingerprint density at radius 3 is 1.70 bits per heavy atom. The van der Waals surface area contributed by atoms with Crippen LogP contribution in [0, 0.1) is 0 Å². The summed E-state index contributed by atoms with van der Waals surface area (Å²) in [6, 6.07) is 47.3. The number of anilines is 7. The third-order valence-corrected chi connectivity index (χ3v) is 19.7. The number of nitrogens with zero attached hydrogens (tertiary/aromatic N) is 3. The molecule has 12 rings (SSSR count). The molecule has 2 saturated carbocycles. The Hall–Kier alpha value is -5.22. The van der Waals surface area contributed by atoms with Crippen LogP contribution in [0.2, 0.25) is 0 Å². The minimum Gasteiger partial charge on any atom is -0.335 e. The van der Waals surface area contributed by atoms with Crippen LogP contribution in [0.15, 0.2) is 115 Å². The molecule has 0 saturated heterocycles. The van der Waals surface area contributed by atoms with Gasteiger partial charge >= 0.3 is 0 Å². The van der Waals surface area contributed by atoms with Gasteiger partial charge in [-0.15, -0.1) is 0 Å². The highest BCUT2D eigenvalue weighted by Crippen LogP contribution is 2.67. The summed E-state index contributed by atoms with van der Waals surface area (Å²) in [5.74, 6) is 0. The number of rotatable bonds is 3. The van der Waals surface area contributed by atoms with Crippen LogP contribution in [-0.4, -0.2) is 17.8 Å². The quantitative estimate of drug-likeness (QED) is 0.164. The van der Waals surface area contributed by atoms with Gasteiger partial charge in [-0.25, -0.2) is 0 Å². The Balaban J connectivity index is 1.25. The molecule has 0 radical (unpaired) electrons. The summed E-state index contributed by atoms with van der Waals surface area (Å²) in [5, 5.41) is 0. The monoisotopic (exact) mass is 938 g/mol. The van der Waals surface area contributed by atoms with Gasteiger partial charge in [0.15, 0.2) is 0 Å². The second-order valence-electron chi connectivity index (χ2n) is 27.9. The van der Waals surface area contributed by atoms with Crippen LogP contribution in [0.5, 0.6) is 0 Å². The first-order valence-electron chi connectivity index (χ1n) is 27.6. The Labute approximate surface area is 428 Å². The SMILES string of the molecule is CC(C)(C)c1cccc(N2c3cc(C(C)(C)C)ccc3B3c4cc(C(C)(C)C)cc5c4N(c4cc(N6c7ccc(C(C)(C)C)cc7C7(C)CCCCC67C)cc2c43)C2(C)CCCCC52c2ccccc2)c1. The van der Waals surface area contributed by atoms with E-state index in [0.717, 1.165) is 19.3 Å². The van der Waals surface area contributed by atoms with E-state index in [1.807, 2.05) is 0 Å². The van der Waals surface area contributed by atoms with Gasteiger partial charge in [-0.2, -0.15) is 0 Å². The molecule has 71 heavy (non-hydrogen) atoms. The zero-order valence-electron chi connectivity index (χ0n) is 46.0. The van der Waals surface area contributed by atoms with Crippen molar-refractivity contribution in [2.45, 2.75) is 199 Å². The third-order valence-electron chi connectivity index (χ3n) is 19.7. The van der Waals surface area contributed by atoms with Crippen molar-refractivity contribution in [1.82, 2.24) is 0 Å². The smallest absolute Gasteiger partial charge is 0.252 e. The largest absolute Gasteiger partial charge is 0.335 e. The summed E-state index contributed by atoms with van der Waals surface area (Å²) in [5.41, 5.74) is 23.5. The minimum atomic E-state index is -0.210. The van der Waals surface area contributed by atoms with Gasteiger partial charge in [-0.1, -0.05) is 195 Å². The fourth-order valence-corrected chi connectivity index (χ4v) is 15.4. The van der Waals surface area contributed by atoms with Gasteiger partial charge in [0.1, 0.15) is 0 Å². The molecule has 4 heteroatoms. The first kappa shape index (κ1) is 46.8. The Morgan fingerprint density at radius 1 is 0.423 bits per heavy atom. The molecule has 4 heterocycles. The molecule has 3 nitrogen and oxygen atoms in total. The molecule has 2 fully saturated rings. The van der Waals surface area contributed by atoms with Crippen molar-refractivity contribution < 1.29 is 0 Å². The molecule has 0 bridgehead atoms. The standard InChI is InChI=1S/C67H80BN3/c1-60(2,3)44-26-23-27-48(36-44)69-55-40-46(62(7,8)9)28-30-52(55)68-53-39-47(63(10,11)12)38-51-59(53)71(66(15)34-21-22-35-67(51,66)43-24-17-16-18-25-43)57-42-49(41-56(69)58(57)68)70-54-31-29-45(61(4,5)6)37-50(54)64(13)32-19-20-33-65(64,70)14/h16-18,23-31,36-42H,19-22,32-35H2,1-15H3. The van der Waals surface area contributed by atoms with Gasteiger partial charge in [-0.05, 0) is 153 Å². The van der Waals surface area contributed by atoms with Crippen LogP contribution >= 0.6 is 0 Å². The molecule has 4 atom stereocenters. The maximum absolute atomic E-state index is 2.98. The second-order valence-corrected chi connectivity index (χ2v) is 27.9. The van der Waals surface area contributed by atoms with Gasteiger partial charge in [-0.3, -0.25) is 0 Å². The van der Waals surface area contributed by atoms with E-state index in [2.05, 4.69) is 234 Å². The maximum Gasteiger partial charge on any atom is 0.252 e. The van der Waals surface area contributed by atoms with Crippen LogP contribution < -0.4 is 31.1 Å². The first-order chi connectivity index (χ1) is 33.3. The average molecular weight is 938 g/mol. The van der Waals surface area contributed by atoms with Crippen LogP contribution in [0.3, 0.4) is 0 Å². The predicted molar refractivity (Wildman–Crippen MR) is 306 cm³/mol. The fourth-order valence-electron chi connectivity index (χ4n) is 15.4. The molecule has 0 N–H and O–H groups in total. The van der Waals surface area contributed by atoms with E-state index in [9.17, 15) is 0 Å². The summed E-state index contributed by atoms with van der Waals surface area (Å²) in [7, 11) is 0. The van der Waals surface area contributed by atoms with Gasteiger partial charge < -0.3 is 14.7 Å². The molecule has 2 aliphatic carbocycles. The molecule has 6 aromatic carbocycles. The highest BCUT2D eigenvalue weighted by Gasteiger charge is 2.65. The van der Waals surface area contributed by atoms with Gasteiger partial charge in [0.2, 0.25) is 0 Å². The molecule has 4 aliphatic heterocycles. The molecular formula is C67H80BN3. The lowest BCUT2D eigenvalue weighted by Crippen LogP contribution is -2.65. The fraction of sp³-hybridized carbons (Fsp3) is 0.463. The Kier molecular flexibility index (Phi) is 9.86. The van der Waals surface area contributed by atoms with Crippen LogP contribution in [-0.2, 0) is 32.5 Å². The zero-order valence-corrected chi connectivity index (χ0v) is 46.0. The number of hydrogen-bond acceptors (Lipinski definition) is 3. The summed E-state index contributed by atoms with van der Waals surface area (Å²) in [4.78, 5) is 8.59. The Bertz CT molecular complexity index is 3170.